The lowest BCUT2D eigenvalue weighted by atomic mass is 10.1. The lowest BCUT2D eigenvalue weighted by molar-refractivity contribution is -0.124. The fourth-order valence-electron chi connectivity index (χ4n) is 4.26. The topological polar surface area (TPSA) is 86.3 Å². The van der Waals surface area contributed by atoms with Crippen LogP contribution in [0.4, 0.5) is 5.69 Å². The molecule has 2 aliphatic heterocycles. The number of amides is 2. The van der Waals surface area contributed by atoms with Crippen molar-refractivity contribution < 1.29 is 28.5 Å². The second kappa shape index (κ2) is 11.0. The van der Waals surface area contributed by atoms with Crippen LogP contribution in [-0.4, -0.2) is 58.9 Å². The smallest absolute Gasteiger partial charge is 0.240 e. The predicted octanol–water partition coefficient (Wildman–Crippen LogP) is 3.58. The normalized spacial score (nSPS) is 19.9. The molecule has 0 radical (unpaired) electrons. The van der Waals surface area contributed by atoms with Gasteiger partial charge in [0.25, 0.3) is 0 Å². The van der Waals surface area contributed by atoms with E-state index >= 15 is 0 Å². The Labute approximate surface area is 203 Å². The maximum atomic E-state index is 13.4. The summed E-state index contributed by atoms with van der Waals surface area (Å²) in [5.41, 5.74) is 1.62. The van der Waals surface area contributed by atoms with Gasteiger partial charge in [-0.25, -0.2) is 0 Å². The largest absolute Gasteiger partial charge is 0.493 e. The van der Waals surface area contributed by atoms with Gasteiger partial charge in [-0.3, -0.25) is 9.59 Å². The number of fused-ring (bicyclic) bond motifs is 1. The highest BCUT2D eigenvalue weighted by Gasteiger charge is 2.31. The maximum Gasteiger partial charge on any atom is 0.240 e. The van der Waals surface area contributed by atoms with Crippen LogP contribution in [0.1, 0.15) is 30.1 Å². The summed E-state index contributed by atoms with van der Waals surface area (Å²) in [5.74, 6) is 1.25. The van der Waals surface area contributed by atoms with Gasteiger partial charge in [0.05, 0.1) is 33.1 Å². The number of thioether (sulfide) groups is 1. The van der Waals surface area contributed by atoms with Crippen LogP contribution in [0.25, 0.3) is 0 Å². The molecule has 2 aromatic rings. The molecular weight excluding hydrogens is 456 g/mol. The molecule has 0 unspecified atom stereocenters. The molecule has 2 aliphatic rings. The van der Waals surface area contributed by atoms with Crippen molar-refractivity contribution in [3.05, 3.63) is 42.0 Å². The second-order valence-corrected chi connectivity index (χ2v) is 9.40. The molecule has 34 heavy (non-hydrogen) atoms. The molecule has 0 aliphatic carbocycles. The van der Waals surface area contributed by atoms with Crippen molar-refractivity contribution in [2.24, 2.45) is 0 Å². The Morgan fingerprint density at radius 3 is 2.53 bits per heavy atom. The Bertz CT molecular complexity index is 1010. The number of anilines is 1. The number of nitrogens with zero attached hydrogens (tertiary/aromatic N) is 1. The van der Waals surface area contributed by atoms with Gasteiger partial charge in [0.1, 0.15) is 6.54 Å². The molecule has 0 aromatic heterocycles. The molecule has 2 heterocycles. The quantitative estimate of drug-likeness (QED) is 0.610. The lowest BCUT2D eigenvalue weighted by Crippen LogP contribution is -2.42. The van der Waals surface area contributed by atoms with E-state index in [-0.39, 0.29) is 36.1 Å². The van der Waals surface area contributed by atoms with Crippen molar-refractivity contribution in [2.75, 3.05) is 45.9 Å². The summed E-state index contributed by atoms with van der Waals surface area (Å²) < 4.78 is 22.0. The van der Waals surface area contributed by atoms with Gasteiger partial charge in [0.2, 0.25) is 17.6 Å². The summed E-state index contributed by atoms with van der Waals surface area (Å²) in [7, 11) is 4.69. The van der Waals surface area contributed by atoms with Crippen LogP contribution in [0.3, 0.4) is 0 Å². The van der Waals surface area contributed by atoms with E-state index in [1.165, 1.54) is 0 Å². The number of hydrogen-bond acceptors (Lipinski definition) is 7. The van der Waals surface area contributed by atoms with Crippen molar-refractivity contribution >= 4 is 29.3 Å². The number of rotatable bonds is 8. The highest BCUT2D eigenvalue weighted by Crippen LogP contribution is 2.48. The SMILES string of the molecule is COc1cc([C@H]2CC(=O)N(CC(=O)NC[C@@H]3CCCO3)c3ccccc3S2)cc(OC)c1OC. The molecule has 182 valence electrons. The summed E-state index contributed by atoms with van der Waals surface area (Å²) in [4.78, 5) is 28.6. The first-order valence-electron chi connectivity index (χ1n) is 11.3. The van der Waals surface area contributed by atoms with Crippen LogP contribution in [-0.2, 0) is 14.3 Å². The van der Waals surface area contributed by atoms with E-state index in [0.717, 1.165) is 35.6 Å². The highest BCUT2D eigenvalue weighted by molar-refractivity contribution is 7.99. The third-order valence-corrected chi connectivity index (χ3v) is 7.32. The van der Waals surface area contributed by atoms with Crippen molar-refractivity contribution in [3.63, 3.8) is 0 Å². The molecule has 2 atom stereocenters. The number of hydrogen-bond donors (Lipinski definition) is 1. The molecular formula is C25H30N2O6S. The number of methoxy groups -OCH3 is 3. The molecule has 1 fully saturated rings. The van der Waals surface area contributed by atoms with Crippen molar-refractivity contribution in [3.8, 4) is 17.2 Å². The molecule has 9 heteroatoms. The predicted molar refractivity (Wildman–Crippen MR) is 130 cm³/mol. The Kier molecular flexibility index (Phi) is 7.84. The van der Waals surface area contributed by atoms with E-state index in [9.17, 15) is 9.59 Å². The zero-order valence-electron chi connectivity index (χ0n) is 19.7. The van der Waals surface area contributed by atoms with E-state index in [2.05, 4.69) is 5.32 Å². The zero-order chi connectivity index (χ0) is 24.1. The number of ether oxygens (including phenoxy) is 4. The number of nitrogens with one attached hydrogen (secondary N) is 1. The summed E-state index contributed by atoms with van der Waals surface area (Å²) in [6.07, 6.45) is 2.23. The van der Waals surface area contributed by atoms with Crippen LogP contribution in [0.15, 0.2) is 41.3 Å². The fourth-order valence-corrected chi connectivity index (χ4v) is 5.52. The average Bonchev–Trinajstić information content (AvgIpc) is 3.34. The van der Waals surface area contributed by atoms with E-state index in [4.69, 9.17) is 18.9 Å². The Morgan fingerprint density at radius 1 is 1.15 bits per heavy atom. The molecule has 0 spiro atoms. The first-order chi connectivity index (χ1) is 16.5. The van der Waals surface area contributed by atoms with Gasteiger partial charge in [0.15, 0.2) is 11.5 Å². The number of carbonyl (C=O) groups is 2. The molecule has 2 amide bonds. The molecule has 0 saturated carbocycles. The van der Waals surface area contributed by atoms with Crippen LogP contribution in [0.5, 0.6) is 17.2 Å². The van der Waals surface area contributed by atoms with Crippen molar-refractivity contribution in [1.29, 1.82) is 0 Å². The molecule has 1 N–H and O–H groups in total. The first-order valence-corrected chi connectivity index (χ1v) is 12.2. The molecule has 1 saturated heterocycles. The Hall–Kier alpha value is -2.91. The minimum absolute atomic E-state index is 0.0366. The third-order valence-electron chi connectivity index (χ3n) is 6.00. The second-order valence-electron chi connectivity index (χ2n) is 8.16. The van der Waals surface area contributed by atoms with Crippen molar-refractivity contribution in [1.82, 2.24) is 5.32 Å². The monoisotopic (exact) mass is 486 g/mol. The zero-order valence-corrected chi connectivity index (χ0v) is 20.5. The number of benzene rings is 2. The first kappa shape index (κ1) is 24.2. The minimum atomic E-state index is -0.199. The molecule has 0 bridgehead atoms. The number of para-hydroxylation sites is 1. The van der Waals surface area contributed by atoms with Crippen LogP contribution >= 0.6 is 11.8 Å². The van der Waals surface area contributed by atoms with Gasteiger partial charge in [-0.2, -0.15) is 0 Å². The van der Waals surface area contributed by atoms with Gasteiger partial charge in [0, 0.05) is 29.7 Å². The van der Waals surface area contributed by atoms with Gasteiger partial charge >= 0.3 is 0 Å². The van der Waals surface area contributed by atoms with E-state index in [0.29, 0.717) is 23.8 Å². The highest BCUT2D eigenvalue weighted by atomic mass is 32.2. The van der Waals surface area contributed by atoms with E-state index < -0.39 is 0 Å². The van der Waals surface area contributed by atoms with Gasteiger partial charge in [-0.05, 0) is 42.7 Å². The van der Waals surface area contributed by atoms with Gasteiger partial charge in [-0.15, -0.1) is 11.8 Å². The fraction of sp³-hybridized carbons (Fsp3) is 0.440. The maximum absolute atomic E-state index is 13.4. The molecule has 2 aromatic carbocycles. The summed E-state index contributed by atoms with van der Waals surface area (Å²) in [5, 5.41) is 2.73. The molecule has 8 nitrogen and oxygen atoms in total. The van der Waals surface area contributed by atoms with Crippen LogP contribution in [0, 0.1) is 0 Å². The third kappa shape index (κ3) is 5.26. The van der Waals surface area contributed by atoms with Crippen LogP contribution < -0.4 is 24.4 Å². The molecule has 4 rings (SSSR count). The number of carbonyl (C=O) groups excluding carboxylic acids is 2. The summed E-state index contributed by atoms with van der Waals surface area (Å²) in [6.45, 7) is 1.16. The average molecular weight is 487 g/mol. The Balaban J connectivity index is 1.58. The Morgan fingerprint density at radius 2 is 1.88 bits per heavy atom. The van der Waals surface area contributed by atoms with Crippen molar-refractivity contribution in [2.45, 2.75) is 35.5 Å². The van der Waals surface area contributed by atoms with Gasteiger partial charge in [-0.1, -0.05) is 12.1 Å². The minimum Gasteiger partial charge on any atom is -0.493 e. The standard InChI is InChI=1S/C25H30N2O6S/c1-30-19-11-16(12-20(31-2)25(19)32-3)22-13-24(29)27(18-8-4-5-9-21(18)34-22)15-23(28)26-14-17-7-6-10-33-17/h4-5,8-9,11-12,17,22H,6-7,10,13-15H2,1-3H3,(H,26,28)/t17-,22+/m0/s1. The summed E-state index contributed by atoms with van der Waals surface area (Å²) in [6, 6.07) is 11.4. The summed E-state index contributed by atoms with van der Waals surface area (Å²) >= 11 is 1.58. The van der Waals surface area contributed by atoms with Crippen LogP contribution in [0.2, 0.25) is 0 Å². The van der Waals surface area contributed by atoms with E-state index in [1.54, 1.807) is 38.0 Å². The lowest BCUT2D eigenvalue weighted by Gasteiger charge is -2.22. The van der Waals surface area contributed by atoms with Gasteiger partial charge < -0.3 is 29.2 Å². The van der Waals surface area contributed by atoms with E-state index in [1.807, 2.05) is 36.4 Å².